The van der Waals surface area contributed by atoms with E-state index in [1.165, 1.54) is 25.7 Å². The van der Waals surface area contributed by atoms with E-state index in [9.17, 15) is 4.79 Å². The second kappa shape index (κ2) is 6.72. The first kappa shape index (κ1) is 15.9. The molecule has 0 unspecified atom stereocenters. The normalized spacial score (nSPS) is 24.0. The monoisotopic (exact) mass is 331 g/mol. The average molecular weight is 331 g/mol. The van der Waals surface area contributed by atoms with Crippen LogP contribution in [-0.2, 0) is 4.79 Å². The minimum Gasteiger partial charge on any atom is -0.427 e. The van der Waals surface area contributed by atoms with Gasteiger partial charge in [0, 0.05) is 6.42 Å². The van der Waals surface area contributed by atoms with Crippen molar-refractivity contribution in [2.45, 2.75) is 32.1 Å². The summed E-state index contributed by atoms with van der Waals surface area (Å²) in [5, 5.41) is 8.86. The molecule has 0 amide bonds. The molecule has 0 aliphatic heterocycles. The van der Waals surface area contributed by atoms with Gasteiger partial charge >= 0.3 is 5.97 Å². The van der Waals surface area contributed by atoms with Crippen LogP contribution in [0, 0.1) is 29.1 Å². The lowest BCUT2D eigenvalue weighted by Crippen LogP contribution is -2.18. The molecule has 0 spiro atoms. The fourth-order valence-corrected chi connectivity index (χ4v) is 4.47. The summed E-state index contributed by atoms with van der Waals surface area (Å²) < 4.78 is 5.53. The molecule has 126 valence electrons. The highest BCUT2D eigenvalue weighted by atomic mass is 16.5. The molecule has 2 fully saturated rings. The van der Waals surface area contributed by atoms with E-state index in [1.807, 2.05) is 36.4 Å². The second-order valence-electron chi connectivity index (χ2n) is 7.33. The third-order valence-corrected chi connectivity index (χ3v) is 5.75. The number of hydrogen-bond donors (Lipinski definition) is 0. The Balaban J connectivity index is 1.36. The summed E-state index contributed by atoms with van der Waals surface area (Å²) in [7, 11) is 0. The highest BCUT2D eigenvalue weighted by molar-refractivity contribution is 5.73. The third kappa shape index (κ3) is 3.44. The molecule has 0 N–H and O–H groups in total. The van der Waals surface area contributed by atoms with Gasteiger partial charge in [-0.05, 0) is 72.4 Å². The van der Waals surface area contributed by atoms with Crippen LogP contribution < -0.4 is 4.74 Å². The molecule has 2 aromatic carbocycles. The maximum absolute atomic E-state index is 12.2. The van der Waals surface area contributed by atoms with Crippen LogP contribution in [0.15, 0.2) is 48.5 Å². The van der Waals surface area contributed by atoms with Crippen molar-refractivity contribution < 1.29 is 9.53 Å². The van der Waals surface area contributed by atoms with Crippen molar-refractivity contribution in [3.8, 4) is 22.9 Å². The largest absolute Gasteiger partial charge is 0.427 e. The molecular weight excluding hydrogens is 310 g/mol. The Bertz CT molecular complexity index is 801. The van der Waals surface area contributed by atoms with Crippen LogP contribution in [-0.4, -0.2) is 5.97 Å². The van der Waals surface area contributed by atoms with Crippen molar-refractivity contribution >= 4 is 5.97 Å². The fourth-order valence-electron chi connectivity index (χ4n) is 4.47. The molecule has 2 aromatic rings. The van der Waals surface area contributed by atoms with Crippen LogP contribution in [0.25, 0.3) is 11.1 Å². The van der Waals surface area contributed by atoms with Crippen molar-refractivity contribution in [1.82, 2.24) is 0 Å². The predicted molar refractivity (Wildman–Crippen MR) is 95.8 cm³/mol. The van der Waals surface area contributed by atoms with E-state index in [1.54, 1.807) is 12.1 Å². The van der Waals surface area contributed by atoms with Crippen LogP contribution in [0.1, 0.15) is 37.7 Å². The van der Waals surface area contributed by atoms with E-state index >= 15 is 0 Å². The zero-order valence-corrected chi connectivity index (χ0v) is 14.2. The van der Waals surface area contributed by atoms with Crippen LogP contribution in [0.2, 0.25) is 0 Å². The van der Waals surface area contributed by atoms with E-state index in [4.69, 9.17) is 10.00 Å². The number of hydrogen-bond acceptors (Lipinski definition) is 3. The minimum atomic E-state index is -0.108. The van der Waals surface area contributed by atoms with E-state index in [0.717, 1.165) is 23.0 Å². The number of benzene rings is 2. The molecule has 0 radical (unpaired) electrons. The van der Waals surface area contributed by atoms with Crippen LogP contribution >= 0.6 is 0 Å². The number of esters is 1. The lowest BCUT2D eigenvalue weighted by Gasteiger charge is -2.20. The quantitative estimate of drug-likeness (QED) is 0.588. The summed E-state index contributed by atoms with van der Waals surface area (Å²) >= 11 is 0. The zero-order chi connectivity index (χ0) is 17.2. The van der Waals surface area contributed by atoms with Gasteiger partial charge in [-0.2, -0.15) is 5.26 Å². The Kier molecular flexibility index (Phi) is 4.28. The van der Waals surface area contributed by atoms with Crippen LogP contribution in [0.3, 0.4) is 0 Å². The van der Waals surface area contributed by atoms with Crippen molar-refractivity contribution in [3.05, 3.63) is 54.1 Å². The van der Waals surface area contributed by atoms with E-state index in [2.05, 4.69) is 6.07 Å². The zero-order valence-electron chi connectivity index (χ0n) is 14.2. The molecule has 2 saturated carbocycles. The summed E-state index contributed by atoms with van der Waals surface area (Å²) in [6.07, 6.45) is 5.72. The first-order valence-corrected chi connectivity index (χ1v) is 9.02. The number of ether oxygens (including phenoxy) is 1. The summed E-state index contributed by atoms with van der Waals surface area (Å²) in [6.45, 7) is 0. The van der Waals surface area contributed by atoms with Gasteiger partial charge < -0.3 is 4.74 Å². The standard InChI is InChI=1S/C22H21NO2/c23-14-15-1-4-17(5-2-15)18-7-9-21(10-8-18)25-22(24)13-20-12-16-3-6-19(20)11-16/h1-2,4-5,7-10,16,19-20H,3,6,11-13H2/t16-,19+,20+/m0/s1. The minimum absolute atomic E-state index is 0.108. The Morgan fingerprint density at radius 3 is 2.24 bits per heavy atom. The van der Waals surface area contributed by atoms with Gasteiger partial charge in [-0.15, -0.1) is 0 Å². The molecule has 3 atom stereocenters. The average Bonchev–Trinajstić information content (AvgIpc) is 3.25. The molecule has 3 nitrogen and oxygen atoms in total. The lowest BCUT2D eigenvalue weighted by atomic mass is 9.86. The number of fused-ring (bicyclic) bond motifs is 2. The van der Waals surface area contributed by atoms with Gasteiger partial charge in [-0.1, -0.05) is 30.7 Å². The van der Waals surface area contributed by atoms with E-state index < -0.39 is 0 Å². The second-order valence-corrected chi connectivity index (χ2v) is 7.33. The highest BCUT2D eigenvalue weighted by Gasteiger charge is 2.40. The van der Waals surface area contributed by atoms with Gasteiger partial charge in [-0.3, -0.25) is 4.79 Å². The van der Waals surface area contributed by atoms with Crippen LogP contribution in [0.5, 0.6) is 5.75 Å². The van der Waals surface area contributed by atoms with Crippen molar-refractivity contribution in [2.75, 3.05) is 0 Å². The smallest absolute Gasteiger partial charge is 0.311 e. The Morgan fingerprint density at radius 2 is 1.68 bits per heavy atom. The highest BCUT2D eigenvalue weighted by Crippen LogP contribution is 2.49. The van der Waals surface area contributed by atoms with Crippen molar-refractivity contribution in [1.29, 1.82) is 5.26 Å². The molecule has 2 aliphatic rings. The molecule has 2 bridgehead atoms. The predicted octanol–water partition coefficient (Wildman–Crippen LogP) is 4.96. The summed E-state index contributed by atoms with van der Waals surface area (Å²) in [5.41, 5.74) is 2.73. The van der Waals surface area contributed by atoms with Crippen LogP contribution in [0.4, 0.5) is 0 Å². The SMILES string of the molecule is N#Cc1ccc(-c2ccc(OC(=O)C[C@H]3C[C@H]4CC[C@@H]3C4)cc2)cc1. The maximum Gasteiger partial charge on any atom is 0.311 e. The third-order valence-electron chi connectivity index (χ3n) is 5.75. The van der Waals surface area contributed by atoms with Gasteiger partial charge in [0.15, 0.2) is 0 Å². The Hall–Kier alpha value is -2.60. The summed E-state index contributed by atoms with van der Waals surface area (Å²) in [5.74, 6) is 2.63. The molecule has 4 rings (SSSR count). The number of carbonyl (C=O) groups is 1. The topological polar surface area (TPSA) is 50.1 Å². The van der Waals surface area contributed by atoms with Gasteiger partial charge in [0.1, 0.15) is 5.75 Å². The maximum atomic E-state index is 12.2. The van der Waals surface area contributed by atoms with Gasteiger partial charge in [0.05, 0.1) is 11.6 Å². The van der Waals surface area contributed by atoms with Gasteiger partial charge in [0.25, 0.3) is 0 Å². The number of nitriles is 1. The molecule has 0 heterocycles. The Morgan fingerprint density at radius 1 is 1.00 bits per heavy atom. The first-order chi connectivity index (χ1) is 12.2. The molecule has 0 saturated heterocycles. The molecule has 0 aromatic heterocycles. The molecule has 25 heavy (non-hydrogen) atoms. The lowest BCUT2D eigenvalue weighted by molar-refractivity contribution is -0.135. The molecular formula is C22H21NO2. The molecule has 3 heteroatoms. The van der Waals surface area contributed by atoms with Crippen molar-refractivity contribution in [2.24, 2.45) is 17.8 Å². The number of nitrogens with zero attached hydrogens (tertiary/aromatic N) is 1. The molecule has 2 aliphatic carbocycles. The van der Waals surface area contributed by atoms with Gasteiger partial charge in [0.2, 0.25) is 0 Å². The first-order valence-electron chi connectivity index (χ1n) is 9.02. The van der Waals surface area contributed by atoms with E-state index in [0.29, 0.717) is 23.7 Å². The fraction of sp³-hybridized carbons (Fsp3) is 0.364. The number of carbonyl (C=O) groups excluding carboxylic acids is 1. The van der Waals surface area contributed by atoms with E-state index in [-0.39, 0.29) is 5.97 Å². The van der Waals surface area contributed by atoms with Crippen molar-refractivity contribution in [3.63, 3.8) is 0 Å². The number of rotatable bonds is 4. The summed E-state index contributed by atoms with van der Waals surface area (Å²) in [6, 6.07) is 17.1. The van der Waals surface area contributed by atoms with Gasteiger partial charge in [-0.25, -0.2) is 0 Å². The summed E-state index contributed by atoms with van der Waals surface area (Å²) in [4.78, 5) is 12.2. The Labute approximate surface area is 148 Å².